The maximum absolute atomic E-state index is 9.07. The molecule has 0 fully saturated rings. The molecule has 0 saturated carbocycles. The molecule has 0 aromatic heterocycles. The molecule has 0 saturated heterocycles. The van der Waals surface area contributed by atoms with Gasteiger partial charge in [0.05, 0.1) is 24.9 Å². The van der Waals surface area contributed by atoms with Gasteiger partial charge in [-0.15, -0.1) is 0 Å². The van der Waals surface area contributed by atoms with Gasteiger partial charge in [-0.2, -0.15) is 0 Å². The molecule has 0 amide bonds. The Balaban J connectivity index is 3.72. The summed E-state index contributed by atoms with van der Waals surface area (Å²) in [5.74, 6) is 0. The Kier molecular flexibility index (Phi) is 9.00. The second kappa shape index (κ2) is 9.09. The van der Waals surface area contributed by atoms with Crippen molar-refractivity contribution in [3.63, 3.8) is 0 Å². The lowest BCUT2D eigenvalue weighted by molar-refractivity contribution is -0.0716. The number of hydrogen-bond acceptors (Lipinski definition) is 4. The van der Waals surface area contributed by atoms with E-state index in [0.717, 1.165) is 19.3 Å². The zero-order chi connectivity index (χ0) is 11.7. The van der Waals surface area contributed by atoms with E-state index < -0.39 is 6.10 Å². The Morgan fingerprint density at radius 1 is 1.20 bits per heavy atom. The lowest BCUT2D eigenvalue weighted by atomic mass is 10.1. The number of ether oxygens (including phenoxy) is 2. The molecule has 15 heavy (non-hydrogen) atoms. The van der Waals surface area contributed by atoms with E-state index in [-0.39, 0.29) is 18.8 Å². The van der Waals surface area contributed by atoms with E-state index in [0.29, 0.717) is 6.61 Å². The Labute approximate surface area is 92.2 Å². The van der Waals surface area contributed by atoms with Crippen molar-refractivity contribution in [2.75, 3.05) is 20.3 Å². The van der Waals surface area contributed by atoms with Crippen LogP contribution >= 0.6 is 0 Å². The number of aliphatic hydroxyl groups is 2. The minimum Gasteiger partial charge on any atom is -0.396 e. The molecular formula is C11H24O4. The van der Waals surface area contributed by atoms with Crippen LogP contribution in [-0.4, -0.2) is 48.8 Å². The molecule has 0 aliphatic heterocycles. The first kappa shape index (κ1) is 14.8. The molecule has 0 rings (SSSR count). The molecule has 0 aliphatic rings. The molecule has 0 aromatic rings. The van der Waals surface area contributed by atoms with Crippen LogP contribution in [0.3, 0.4) is 0 Å². The molecule has 3 unspecified atom stereocenters. The molecule has 0 spiro atoms. The van der Waals surface area contributed by atoms with E-state index in [2.05, 4.69) is 0 Å². The minimum absolute atomic E-state index is 0.0247. The Bertz CT molecular complexity index is 139. The summed E-state index contributed by atoms with van der Waals surface area (Å²) in [6.45, 7) is 4.19. The van der Waals surface area contributed by atoms with Gasteiger partial charge in [0.2, 0.25) is 0 Å². The summed E-state index contributed by atoms with van der Waals surface area (Å²) in [6, 6.07) is 0. The third kappa shape index (κ3) is 7.73. The van der Waals surface area contributed by atoms with Crippen LogP contribution in [0.5, 0.6) is 0 Å². The molecule has 0 aliphatic carbocycles. The fraction of sp³-hybridized carbons (Fsp3) is 1.00. The first-order valence-corrected chi connectivity index (χ1v) is 5.55. The highest BCUT2D eigenvalue weighted by molar-refractivity contribution is 4.66. The zero-order valence-corrected chi connectivity index (χ0v) is 9.98. The van der Waals surface area contributed by atoms with E-state index in [1.165, 1.54) is 0 Å². The number of aliphatic hydroxyl groups excluding tert-OH is 2. The second-order valence-electron chi connectivity index (χ2n) is 3.88. The average Bonchev–Trinajstić information content (AvgIpc) is 2.21. The molecule has 0 heterocycles. The first-order chi connectivity index (χ1) is 7.11. The van der Waals surface area contributed by atoms with Gasteiger partial charge >= 0.3 is 0 Å². The minimum atomic E-state index is -0.442. The fourth-order valence-electron chi connectivity index (χ4n) is 1.40. The monoisotopic (exact) mass is 220 g/mol. The largest absolute Gasteiger partial charge is 0.396 e. The predicted molar refractivity (Wildman–Crippen MR) is 58.8 cm³/mol. The van der Waals surface area contributed by atoms with Gasteiger partial charge in [0.25, 0.3) is 0 Å². The number of rotatable bonds is 9. The zero-order valence-electron chi connectivity index (χ0n) is 9.98. The van der Waals surface area contributed by atoms with Crippen molar-refractivity contribution in [2.45, 2.75) is 51.4 Å². The number of unbranched alkanes of at least 4 members (excludes halogenated alkanes) is 1. The molecule has 3 atom stereocenters. The summed E-state index contributed by atoms with van der Waals surface area (Å²) in [6.07, 6.45) is 2.17. The number of hydrogen-bond donors (Lipinski definition) is 2. The van der Waals surface area contributed by atoms with E-state index in [1.54, 1.807) is 14.0 Å². The van der Waals surface area contributed by atoms with Gasteiger partial charge in [0.1, 0.15) is 0 Å². The Hall–Kier alpha value is -0.160. The van der Waals surface area contributed by atoms with Crippen molar-refractivity contribution in [3.05, 3.63) is 0 Å². The van der Waals surface area contributed by atoms with Crippen LogP contribution < -0.4 is 0 Å². The Morgan fingerprint density at radius 3 is 2.33 bits per heavy atom. The van der Waals surface area contributed by atoms with Crippen LogP contribution in [0, 0.1) is 0 Å². The quantitative estimate of drug-likeness (QED) is 0.568. The lowest BCUT2D eigenvalue weighted by Gasteiger charge is -2.23. The highest BCUT2D eigenvalue weighted by Crippen LogP contribution is 2.11. The average molecular weight is 220 g/mol. The molecule has 0 aromatic carbocycles. The second-order valence-corrected chi connectivity index (χ2v) is 3.88. The van der Waals surface area contributed by atoms with Gasteiger partial charge in [0, 0.05) is 13.7 Å². The summed E-state index contributed by atoms with van der Waals surface area (Å²) < 4.78 is 10.8. The van der Waals surface area contributed by atoms with Crippen LogP contribution in [0.1, 0.15) is 33.1 Å². The molecule has 2 N–H and O–H groups in total. The van der Waals surface area contributed by atoms with Crippen molar-refractivity contribution in [2.24, 2.45) is 0 Å². The third-order valence-electron chi connectivity index (χ3n) is 2.32. The SMILES string of the molecule is COC(CCCCO)C(C)OCC(C)O. The van der Waals surface area contributed by atoms with Gasteiger partial charge in [0.15, 0.2) is 0 Å². The summed E-state index contributed by atoms with van der Waals surface area (Å²) in [5, 5.41) is 17.7. The molecule has 0 radical (unpaired) electrons. The highest BCUT2D eigenvalue weighted by atomic mass is 16.5. The smallest absolute Gasteiger partial charge is 0.0830 e. The standard InChI is InChI=1S/C11H24O4/c1-9(13)8-15-10(2)11(14-3)6-4-5-7-12/h9-13H,4-8H2,1-3H3. The summed E-state index contributed by atoms with van der Waals surface area (Å²) in [7, 11) is 1.66. The molecule has 4 heteroatoms. The first-order valence-electron chi connectivity index (χ1n) is 5.55. The van der Waals surface area contributed by atoms with E-state index in [4.69, 9.17) is 19.7 Å². The molecule has 92 valence electrons. The fourth-order valence-corrected chi connectivity index (χ4v) is 1.40. The topological polar surface area (TPSA) is 58.9 Å². The summed E-state index contributed by atoms with van der Waals surface area (Å²) in [4.78, 5) is 0. The van der Waals surface area contributed by atoms with Gasteiger partial charge in [-0.3, -0.25) is 0 Å². The molecule has 0 bridgehead atoms. The van der Waals surface area contributed by atoms with Gasteiger partial charge < -0.3 is 19.7 Å². The maximum Gasteiger partial charge on any atom is 0.0830 e. The highest BCUT2D eigenvalue weighted by Gasteiger charge is 2.17. The van der Waals surface area contributed by atoms with Crippen LogP contribution in [-0.2, 0) is 9.47 Å². The van der Waals surface area contributed by atoms with Crippen LogP contribution in [0.4, 0.5) is 0 Å². The van der Waals surface area contributed by atoms with E-state index >= 15 is 0 Å². The number of methoxy groups -OCH3 is 1. The van der Waals surface area contributed by atoms with Crippen LogP contribution in [0.2, 0.25) is 0 Å². The van der Waals surface area contributed by atoms with Crippen molar-refractivity contribution in [3.8, 4) is 0 Å². The van der Waals surface area contributed by atoms with Gasteiger partial charge in [-0.25, -0.2) is 0 Å². The predicted octanol–water partition coefficient (Wildman–Crippen LogP) is 0.950. The maximum atomic E-state index is 9.07. The van der Waals surface area contributed by atoms with E-state index in [1.807, 2.05) is 6.92 Å². The van der Waals surface area contributed by atoms with Crippen LogP contribution in [0.25, 0.3) is 0 Å². The summed E-state index contributed by atoms with van der Waals surface area (Å²) >= 11 is 0. The van der Waals surface area contributed by atoms with Gasteiger partial charge in [-0.1, -0.05) is 0 Å². The Morgan fingerprint density at radius 2 is 1.87 bits per heavy atom. The van der Waals surface area contributed by atoms with Crippen molar-refractivity contribution < 1.29 is 19.7 Å². The molecular weight excluding hydrogens is 196 g/mol. The van der Waals surface area contributed by atoms with E-state index in [9.17, 15) is 0 Å². The third-order valence-corrected chi connectivity index (χ3v) is 2.32. The van der Waals surface area contributed by atoms with Gasteiger partial charge in [-0.05, 0) is 33.1 Å². The van der Waals surface area contributed by atoms with Crippen molar-refractivity contribution >= 4 is 0 Å². The van der Waals surface area contributed by atoms with Crippen molar-refractivity contribution in [1.82, 2.24) is 0 Å². The van der Waals surface area contributed by atoms with Crippen LogP contribution in [0.15, 0.2) is 0 Å². The summed E-state index contributed by atoms with van der Waals surface area (Å²) in [5.41, 5.74) is 0. The van der Waals surface area contributed by atoms with Crippen molar-refractivity contribution in [1.29, 1.82) is 0 Å². The lowest BCUT2D eigenvalue weighted by Crippen LogP contribution is -2.30. The normalized spacial score (nSPS) is 17.4. The molecule has 4 nitrogen and oxygen atoms in total.